The molecule has 0 unspecified atom stereocenters. The zero-order chi connectivity index (χ0) is 25.1. The van der Waals surface area contributed by atoms with Gasteiger partial charge in [-0.05, 0) is 67.9 Å². The number of benzene rings is 1. The lowest BCUT2D eigenvalue weighted by molar-refractivity contribution is -0.105. The number of piperidine rings is 1. The van der Waals surface area contributed by atoms with Crippen LogP contribution < -0.4 is 20.3 Å². The van der Waals surface area contributed by atoms with E-state index >= 15 is 0 Å². The molecular formula is C27H36N6OS. The van der Waals surface area contributed by atoms with Gasteiger partial charge in [0.2, 0.25) is 6.41 Å². The average Bonchev–Trinajstić information content (AvgIpc) is 2.86. The van der Waals surface area contributed by atoms with E-state index in [2.05, 4.69) is 82.4 Å². The molecule has 1 aromatic heterocycles. The molecule has 0 bridgehead atoms. The lowest BCUT2D eigenvalue weighted by Gasteiger charge is -2.40. The minimum atomic E-state index is 0.312. The summed E-state index contributed by atoms with van der Waals surface area (Å²) in [6, 6.07) is 12.1. The van der Waals surface area contributed by atoms with Gasteiger partial charge in [0, 0.05) is 36.8 Å². The van der Waals surface area contributed by atoms with Gasteiger partial charge in [0.25, 0.3) is 0 Å². The average molecular weight is 493 g/mol. The number of nitrogens with one attached hydrogen (secondary N) is 3. The summed E-state index contributed by atoms with van der Waals surface area (Å²) in [6.45, 7) is 9.56. The molecule has 7 nitrogen and oxygen atoms in total. The Labute approximate surface area is 213 Å². The van der Waals surface area contributed by atoms with Crippen LogP contribution in [0.25, 0.3) is 0 Å². The number of anilines is 4. The second-order valence-corrected chi connectivity index (χ2v) is 10.3. The molecule has 35 heavy (non-hydrogen) atoms. The molecule has 8 heteroatoms. The molecular weight excluding hydrogens is 456 g/mol. The second-order valence-electron chi connectivity index (χ2n) is 9.19. The standard InChI is InChI=1S/C27H36N6OS/c1-4-35-32-23-10-8-21(2)24(18-23)33-16-13-27(3,14-17-33)12-6-5-7-15-29-26-22(19-28)9-11-25(31-26)30-20-34/h5-6,8-11,18,20,32H,4,7,12-17H2,1-3H3,(H2,29,30,31,34)/b6-5-. The van der Waals surface area contributed by atoms with Crippen molar-refractivity contribution in [3.8, 4) is 6.07 Å². The molecule has 1 aliphatic heterocycles. The van der Waals surface area contributed by atoms with Gasteiger partial charge in [0.05, 0.1) is 5.56 Å². The summed E-state index contributed by atoms with van der Waals surface area (Å²) in [5.74, 6) is 1.96. The fourth-order valence-corrected chi connectivity index (χ4v) is 4.68. The second kappa shape index (κ2) is 13.1. The van der Waals surface area contributed by atoms with Gasteiger partial charge in [-0.2, -0.15) is 5.26 Å². The molecule has 186 valence electrons. The van der Waals surface area contributed by atoms with E-state index in [-0.39, 0.29) is 0 Å². The largest absolute Gasteiger partial charge is 0.371 e. The molecule has 0 radical (unpaired) electrons. The Morgan fingerprint density at radius 3 is 2.74 bits per heavy atom. The van der Waals surface area contributed by atoms with Crippen molar-refractivity contribution < 1.29 is 4.79 Å². The summed E-state index contributed by atoms with van der Waals surface area (Å²) in [4.78, 5) is 17.4. The fourth-order valence-electron chi connectivity index (χ4n) is 4.25. The van der Waals surface area contributed by atoms with Crippen molar-refractivity contribution in [3.63, 3.8) is 0 Å². The van der Waals surface area contributed by atoms with Gasteiger partial charge in [-0.25, -0.2) is 4.98 Å². The highest BCUT2D eigenvalue weighted by molar-refractivity contribution is 8.00. The maximum atomic E-state index is 10.6. The Bertz CT molecular complexity index is 1060. The molecule has 1 fully saturated rings. The maximum Gasteiger partial charge on any atom is 0.212 e. The summed E-state index contributed by atoms with van der Waals surface area (Å²) in [6.07, 6.45) is 9.32. The Morgan fingerprint density at radius 1 is 1.23 bits per heavy atom. The van der Waals surface area contributed by atoms with Crippen LogP contribution in [0.3, 0.4) is 0 Å². The number of carbonyl (C=O) groups is 1. The summed E-state index contributed by atoms with van der Waals surface area (Å²) >= 11 is 1.73. The summed E-state index contributed by atoms with van der Waals surface area (Å²) in [7, 11) is 0. The smallest absolute Gasteiger partial charge is 0.212 e. The number of carbonyl (C=O) groups excluding carboxylic acids is 1. The van der Waals surface area contributed by atoms with Crippen molar-refractivity contribution >= 4 is 41.4 Å². The van der Waals surface area contributed by atoms with Crippen molar-refractivity contribution in [3.05, 3.63) is 53.6 Å². The third-order valence-corrected chi connectivity index (χ3v) is 7.13. The van der Waals surface area contributed by atoms with Crippen molar-refractivity contribution in [2.24, 2.45) is 5.41 Å². The molecule has 3 rings (SSSR count). The monoisotopic (exact) mass is 492 g/mol. The number of pyridine rings is 1. The number of nitriles is 1. The number of hydrogen-bond acceptors (Lipinski definition) is 7. The van der Waals surface area contributed by atoms with Gasteiger partial charge < -0.3 is 20.3 Å². The van der Waals surface area contributed by atoms with Crippen LogP contribution in [0.15, 0.2) is 42.5 Å². The first-order chi connectivity index (χ1) is 17.0. The van der Waals surface area contributed by atoms with E-state index in [1.165, 1.54) is 29.8 Å². The molecule has 0 spiro atoms. The van der Waals surface area contributed by atoms with Gasteiger partial charge in [0.1, 0.15) is 17.7 Å². The van der Waals surface area contributed by atoms with Crippen LogP contribution >= 0.6 is 11.9 Å². The van der Waals surface area contributed by atoms with E-state index in [0.717, 1.165) is 31.7 Å². The normalized spacial score (nSPS) is 15.0. The first-order valence-corrected chi connectivity index (χ1v) is 13.2. The van der Waals surface area contributed by atoms with Crippen molar-refractivity contribution in [2.45, 2.75) is 46.5 Å². The van der Waals surface area contributed by atoms with E-state index in [1.807, 2.05) is 0 Å². The van der Waals surface area contributed by atoms with E-state index in [1.54, 1.807) is 24.1 Å². The first-order valence-electron chi connectivity index (χ1n) is 12.2. The molecule has 0 saturated carbocycles. The van der Waals surface area contributed by atoms with Crippen LogP contribution in [-0.2, 0) is 4.79 Å². The van der Waals surface area contributed by atoms with Crippen LogP contribution in [0.1, 0.15) is 50.7 Å². The van der Waals surface area contributed by atoms with Crippen molar-refractivity contribution in [1.29, 1.82) is 5.26 Å². The van der Waals surface area contributed by atoms with E-state index < -0.39 is 0 Å². The van der Waals surface area contributed by atoms with Crippen LogP contribution in [0.4, 0.5) is 23.0 Å². The highest BCUT2D eigenvalue weighted by Crippen LogP contribution is 2.37. The van der Waals surface area contributed by atoms with Gasteiger partial charge >= 0.3 is 0 Å². The Morgan fingerprint density at radius 2 is 2.03 bits per heavy atom. The zero-order valence-corrected chi connectivity index (χ0v) is 21.8. The lowest BCUT2D eigenvalue weighted by Crippen LogP contribution is -2.38. The summed E-state index contributed by atoms with van der Waals surface area (Å²) in [5, 5.41) is 15.0. The lowest BCUT2D eigenvalue weighted by atomic mass is 9.77. The summed E-state index contributed by atoms with van der Waals surface area (Å²) in [5.41, 5.74) is 4.62. The van der Waals surface area contributed by atoms with Crippen LogP contribution in [0.2, 0.25) is 0 Å². The first kappa shape index (κ1) is 26.4. The van der Waals surface area contributed by atoms with Gasteiger partial charge in [0.15, 0.2) is 0 Å². The molecule has 1 amide bonds. The zero-order valence-electron chi connectivity index (χ0n) is 20.9. The van der Waals surface area contributed by atoms with Gasteiger partial charge in [-0.15, -0.1) is 0 Å². The SMILES string of the molecule is CCSNc1ccc(C)c(N2CCC(C)(C/C=C\CCNc3nc(NC=O)ccc3C#N)CC2)c1. The van der Waals surface area contributed by atoms with Gasteiger partial charge in [-0.3, -0.25) is 4.79 Å². The molecule has 1 aliphatic rings. The summed E-state index contributed by atoms with van der Waals surface area (Å²) < 4.78 is 3.43. The van der Waals surface area contributed by atoms with E-state index in [4.69, 9.17) is 0 Å². The maximum absolute atomic E-state index is 10.6. The van der Waals surface area contributed by atoms with Crippen LogP contribution in [-0.4, -0.2) is 36.8 Å². The Balaban J connectivity index is 1.46. The third kappa shape index (κ3) is 7.66. The molecule has 1 saturated heterocycles. The number of aromatic nitrogens is 1. The van der Waals surface area contributed by atoms with Gasteiger partial charge in [-0.1, -0.05) is 44.0 Å². The van der Waals surface area contributed by atoms with Crippen LogP contribution in [0.5, 0.6) is 0 Å². The molecule has 0 aliphatic carbocycles. The van der Waals surface area contributed by atoms with Crippen molar-refractivity contribution in [1.82, 2.24) is 4.98 Å². The number of amides is 1. The number of allylic oxidation sites excluding steroid dienone is 1. The number of aryl methyl sites for hydroxylation is 1. The van der Waals surface area contributed by atoms with E-state index in [9.17, 15) is 10.1 Å². The third-order valence-electron chi connectivity index (χ3n) is 6.46. The number of hydrogen-bond donors (Lipinski definition) is 3. The highest BCUT2D eigenvalue weighted by atomic mass is 32.2. The number of rotatable bonds is 12. The molecule has 1 aromatic carbocycles. The minimum Gasteiger partial charge on any atom is -0.371 e. The Kier molecular flexibility index (Phi) is 9.86. The quantitative estimate of drug-likeness (QED) is 0.146. The van der Waals surface area contributed by atoms with Crippen molar-refractivity contribution in [2.75, 3.05) is 45.6 Å². The predicted octanol–water partition coefficient (Wildman–Crippen LogP) is 5.97. The molecule has 3 N–H and O–H groups in total. The topological polar surface area (TPSA) is 93.1 Å². The minimum absolute atomic E-state index is 0.312. The van der Waals surface area contributed by atoms with E-state index in [0.29, 0.717) is 35.6 Å². The molecule has 2 aromatic rings. The molecule has 0 atom stereocenters. The highest BCUT2D eigenvalue weighted by Gasteiger charge is 2.29. The fraction of sp³-hybridized carbons (Fsp3) is 0.444. The predicted molar refractivity (Wildman–Crippen MR) is 148 cm³/mol. The molecule has 2 heterocycles. The number of nitrogens with zero attached hydrogens (tertiary/aromatic N) is 3. The Hall–Kier alpha value is -3.18. The van der Waals surface area contributed by atoms with Crippen LogP contribution in [0, 0.1) is 23.7 Å².